The standard InChI is InChI=1S/C14H9F6NO2/c1-22-11-7-6-10(21-12(11)13(15,16)17)8-2-4-9(5-3-8)23-14(18,19)20/h2-7H,1H3. The van der Waals surface area contributed by atoms with Crippen LogP contribution in [0.2, 0.25) is 0 Å². The molecular weight excluding hydrogens is 328 g/mol. The molecular formula is C14H9F6NO2. The molecule has 23 heavy (non-hydrogen) atoms. The highest BCUT2D eigenvalue weighted by Crippen LogP contribution is 2.36. The fraction of sp³-hybridized carbons (Fsp3) is 0.214. The normalized spacial score (nSPS) is 12.1. The van der Waals surface area contributed by atoms with Crippen LogP contribution in [0, 0.1) is 0 Å². The Morgan fingerprint density at radius 3 is 1.96 bits per heavy atom. The molecule has 2 rings (SSSR count). The van der Waals surface area contributed by atoms with E-state index in [1.54, 1.807) is 0 Å². The highest BCUT2D eigenvalue weighted by molar-refractivity contribution is 5.61. The quantitative estimate of drug-likeness (QED) is 0.763. The van der Waals surface area contributed by atoms with Crippen LogP contribution in [0.25, 0.3) is 11.3 Å². The summed E-state index contributed by atoms with van der Waals surface area (Å²) in [5, 5.41) is 0. The van der Waals surface area contributed by atoms with Gasteiger partial charge in [-0.05, 0) is 36.4 Å². The predicted molar refractivity (Wildman–Crippen MR) is 67.9 cm³/mol. The molecule has 0 saturated carbocycles. The molecule has 0 aliphatic carbocycles. The van der Waals surface area contributed by atoms with Gasteiger partial charge in [-0.1, -0.05) is 0 Å². The van der Waals surface area contributed by atoms with Gasteiger partial charge in [-0.25, -0.2) is 4.98 Å². The van der Waals surface area contributed by atoms with Crippen LogP contribution in [0.1, 0.15) is 5.69 Å². The number of rotatable bonds is 3. The molecule has 0 spiro atoms. The van der Waals surface area contributed by atoms with Crippen molar-refractivity contribution in [2.24, 2.45) is 0 Å². The Bertz CT molecular complexity index is 679. The highest BCUT2D eigenvalue weighted by Gasteiger charge is 2.36. The minimum absolute atomic E-state index is 0.0586. The summed E-state index contributed by atoms with van der Waals surface area (Å²) in [6.45, 7) is 0. The molecule has 0 saturated heterocycles. The number of benzene rings is 1. The lowest BCUT2D eigenvalue weighted by Gasteiger charge is -2.13. The Labute approximate surface area is 126 Å². The first-order valence-corrected chi connectivity index (χ1v) is 6.08. The van der Waals surface area contributed by atoms with Crippen LogP contribution in [-0.4, -0.2) is 18.5 Å². The van der Waals surface area contributed by atoms with Crippen LogP contribution in [-0.2, 0) is 6.18 Å². The van der Waals surface area contributed by atoms with E-state index in [9.17, 15) is 26.3 Å². The third kappa shape index (κ3) is 4.27. The van der Waals surface area contributed by atoms with Gasteiger partial charge in [0.05, 0.1) is 12.8 Å². The van der Waals surface area contributed by atoms with E-state index in [1.807, 2.05) is 0 Å². The molecule has 0 unspecified atom stereocenters. The number of ether oxygens (including phenoxy) is 2. The van der Waals surface area contributed by atoms with Crippen molar-refractivity contribution in [3.05, 3.63) is 42.1 Å². The Balaban J connectivity index is 2.35. The number of halogens is 6. The smallest absolute Gasteiger partial charge is 0.494 e. The second-order valence-electron chi connectivity index (χ2n) is 4.32. The van der Waals surface area contributed by atoms with Crippen molar-refractivity contribution >= 4 is 0 Å². The Hall–Kier alpha value is -2.45. The summed E-state index contributed by atoms with van der Waals surface area (Å²) in [5.41, 5.74) is -1.07. The van der Waals surface area contributed by atoms with Crippen LogP contribution in [0.5, 0.6) is 11.5 Å². The molecule has 0 aliphatic rings. The summed E-state index contributed by atoms with van der Waals surface area (Å²) in [6, 6.07) is 6.69. The van der Waals surface area contributed by atoms with Gasteiger partial charge in [-0.3, -0.25) is 0 Å². The van der Waals surface area contributed by atoms with Gasteiger partial charge < -0.3 is 9.47 Å². The van der Waals surface area contributed by atoms with Crippen molar-refractivity contribution in [3.63, 3.8) is 0 Å². The van der Waals surface area contributed by atoms with Gasteiger partial charge in [0.1, 0.15) is 11.5 Å². The van der Waals surface area contributed by atoms with E-state index in [0.717, 1.165) is 25.3 Å². The fourth-order valence-corrected chi connectivity index (χ4v) is 1.80. The van der Waals surface area contributed by atoms with E-state index in [0.29, 0.717) is 0 Å². The number of pyridine rings is 1. The third-order valence-corrected chi connectivity index (χ3v) is 2.73. The minimum Gasteiger partial charge on any atom is -0.494 e. The third-order valence-electron chi connectivity index (χ3n) is 2.73. The van der Waals surface area contributed by atoms with Crippen molar-refractivity contribution in [3.8, 4) is 22.8 Å². The van der Waals surface area contributed by atoms with E-state index in [2.05, 4.69) is 14.5 Å². The number of hydrogen-bond acceptors (Lipinski definition) is 3. The number of aromatic nitrogens is 1. The monoisotopic (exact) mass is 337 g/mol. The van der Waals surface area contributed by atoms with E-state index in [4.69, 9.17) is 0 Å². The second kappa shape index (κ2) is 5.98. The molecule has 0 N–H and O–H groups in total. The van der Waals surface area contributed by atoms with Gasteiger partial charge in [-0.15, -0.1) is 13.2 Å². The van der Waals surface area contributed by atoms with Crippen molar-refractivity contribution in [2.45, 2.75) is 12.5 Å². The SMILES string of the molecule is COc1ccc(-c2ccc(OC(F)(F)F)cc2)nc1C(F)(F)F. The summed E-state index contributed by atoms with van der Waals surface area (Å²) in [7, 11) is 1.08. The molecule has 0 bridgehead atoms. The Morgan fingerprint density at radius 1 is 0.870 bits per heavy atom. The molecule has 0 amide bonds. The van der Waals surface area contributed by atoms with Crippen LogP contribution < -0.4 is 9.47 Å². The van der Waals surface area contributed by atoms with E-state index >= 15 is 0 Å². The molecule has 0 aliphatic heterocycles. The Morgan fingerprint density at radius 2 is 1.48 bits per heavy atom. The molecule has 0 atom stereocenters. The molecule has 2 aromatic rings. The largest absolute Gasteiger partial charge is 0.573 e. The van der Waals surface area contributed by atoms with Crippen molar-refractivity contribution in [1.82, 2.24) is 4.98 Å². The Kier molecular flexibility index (Phi) is 4.39. The van der Waals surface area contributed by atoms with Crippen molar-refractivity contribution < 1.29 is 35.8 Å². The van der Waals surface area contributed by atoms with Crippen LogP contribution in [0.4, 0.5) is 26.3 Å². The summed E-state index contributed by atoms with van der Waals surface area (Å²) >= 11 is 0. The summed E-state index contributed by atoms with van der Waals surface area (Å²) < 4.78 is 83.2. The second-order valence-corrected chi connectivity index (χ2v) is 4.32. The fourth-order valence-electron chi connectivity index (χ4n) is 1.80. The topological polar surface area (TPSA) is 31.4 Å². The molecule has 0 radical (unpaired) electrons. The minimum atomic E-state index is -4.84. The molecule has 1 heterocycles. The van der Waals surface area contributed by atoms with Crippen LogP contribution in [0.3, 0.4) is 0 Å². The average molecular weight is 337 g/mol. The zero-order valence-electron chi connectivity index (χ0n) is 11.5. The van der Waals surface area contributed by atoms with Crippen molar-refractivity contribution in [1.29, 1.82) is 0 Å². The molecule has 1 aromatic carbocycles. The number of hydrogen-bond donors (Lipinski definition) is 0. The van der Waals surface area contributed by atoms with Gasteiger partial charge >= 0.3 is 12.5 Å². The summed E-state index contributed by atoms with van der Waals surface area (Å²) in [6.07, 6.45) is -9.57. The summed E-state index contributed by atoms with van der Waals surface area (Å²) in [4.78, 5) is 3.48. The summed E-state index contributed by atoms with van der Waals surface area (Å²) in [5.74, 6) is -0.927. The molecule has 3 nitrogen and oxygen atoms in total. The van der Waals surface area contributed by atoms with Gasteiger partial charge in [0, 0.05) is 5.56 Å². The maximum absolute atomic E-state index is 12.9. The molecule has 1 aromatic heterocycles. The first-order chi connectivity index (χ1) is 10.6. The van der Waals surface area contributed by atoms with E-state index in [1.165, 1.54) is 18.2 Å². The zero-order valence-corrected chi connectivity index (χ0v) is 11.5. The van der Waals surface area contributed by atoms with Gasteiger partial charge in [-0.2, -0.15) is 13.2 Å². The maximum atomic E-state index is 12.9. The van der Waals surface area contributed by atoms with Gasteiger partial charge in [0.15, 0.2) is 5.69 Å². The first kappa shape index (κ1) is 16.9. The first-order valence-electron chi connectivity index (χ1n) is 6.08. The average Bonchev–Trinajstić information content (AvgIpc) is 2.45. The lowest BCUT2D eigenvalue weighted by atomic mass is 10.1. The van der Waals surface area contributed by atoms with Gasteiger partial charge in [0.25, 0.3) is 0 Å². The maximum Gasteiger partial charge on any atom is 0.573 e. The highest BCUT2D eigenvalue weighted by atomic mass is 19.4. The number of nitrogens with zero attached hydrogens (tertiary/aromatic N) is 1. The molecule has 0 fully saturated rings. The van der Waals surface area contributed by atoms with Crippen LogP contribution in [0.15, 0.2) is 36.4 Å². The molecule has 9 heteroatoms. The lowest BCUT2D eigenvalue weighted by Crippen LogP contribution is -2.16. The van der Waals surface area contributed by atoms with Crippen molar-refractivity contribution in [2.75, 3.05) is 7.11 Å². The van der Waals surface area contributed by atoms with E-state index < -0.39 is 29.7 Å². The predicted octanol–water partition coefficient (Wildman–Crippen LogP) is 4.67. The van der Waals surface area contributed by atoms with Gasteiger partial charge in [0.2, 0.25) is 0 Å². The number of alkyl halides is 6. The number of methoxy groups -OCH3 is 1. The molecule has 124 valence electrons. The zero-order chi connectivity index (χ0) is 17.3. The lowest BCUT2D eigenvalue weighted by molar-refractivity contribution is -0.274. The van der Waals surface area contributed by atoms with Crippen LogP contribution >= 0.6 is 0 Å². The van der Waals surface area contributed by atoms with E-state index in [-0.39, 0.29) is 11.3 Å².